The van der Waals surface area contributed by atoms with Crippen LogP contribution in [0.1, 0.15) is 6.92 Å². The molecular weight excluding hydrogens is 306 g/mol. The summed E-state index contributed by atoms with van der Waals surface area (Å²) >= 11 is 1.47. The minimum atomic E-state index is 0. The van der Waals surface area contributed by atoms with Gasteiger partial charge < -0.3 is 10.6 Å². The molecule has 1 aromatic carbocycles. The molecule has 2 N–H and O–H groups in total. The summed E-state index contributed by atoms with van der Waals surface area (Å²) in [6.45, 7) is 3.84. The number of amides is 1. The van der Waals surface area contributed by atoms with Crippen LogP contribution < -0.4 is 10.6 Å². The number of rotatable bonds is 4. The topological polar surface area (TPSA) is 54.0 Å². The Labute approximate surface area is 134 Å². The molecule has 1 aromatic heterocycles. The molecule has 1 fully saturated rings. The zero-order valence-corrected chi connectivity index (χ0v) is 13.3. The second-order valence-electron chi connectivity index (χ2n) is 5.10. The van der Waals surface area contributed by atoms with Crippen molar-refractivity contribution in [2.75, 3.05) is 18.4 Å². The number of anilines is 1. The molecule has 21 heavy (non-hydrogen) atoms. The molecule has 0 bridgehead atoms. The monoisotopic (exact) mass is 323 g/mol. The van der Waals surface area contributed by atoms with Crippen LogP contribution in [0.5, 0.6) is 0 Å². The molecule has 6 heteroatoms. The fraction of sp³-hybridized carbons (Fsp3) is 0.333. The number of thiazole rings is 1. The van der Waals surface area contributed by atoms with E-state index in [0.29, 0.717) is 11.0 Å². The molecule has 1 aliphatic heterocycles. The number of carbonyl (C=O) groups excluding carboxylic acids is 1. The smallest absolute Gasteiger partial charge is 0.229 e. The van der Waals surface area contributed by atoms with Crippen molar-refractivity contribution in [2.24, 2.45) is 11.8 Å². The van der Waals surface area contributed by atoms with Crippen LogP contribution in [0.25, 0.3) is 11.3 Å². The van der Waals surface area contributed by atoms with E-state index in [0.717, 1.165) is 24.3 Å². The van der Waals surface area contributed by atoms with Gasteiger partial charge in [0.15, 0.2) is 5.13 Å². The Balaban J connectivity index is 0.00000161. The fourth-order valence-electron chi connectivity index (χ4n) is 2.17. The summed E-state index contributed by atoms with van der Waals surface area (Å²) in [5.41, 5.74) is 1.98. The van der Waals surface area contributed by atoms with Gasteiger partial charge in [-0.25, -0.2) is 4.98 Å². The summed E-state index contributed by atoms with van der Waals surface area (Å²) in [6, 6.07) is 9.98. The van der Waals surface area contributed by atoms with Crippen LogP contribution in [-0.2, 0) is 4.79 Å². The molecule has 0 radical (unpaired) electrons. The molecule has 1 atom stereocenters. The quantitative estimate of drug-likeness (QED) is 0.909. The maximum absolute atomic E-state index is 12.1. The van der Waals surface area contributed by atoms with Crippen LogP contribution in [0.15, 0.2) is 35.7 Å². The first kappa shape index (κ1) is 15.9. The van der Waals surface area contributed by atoms with E-state index in [4.69, 9.17) is 0 Å². The highest BCUT2D eigenvalue weighted by Gasteiger charge is 2.29. The van der Waals surface area contributed by atoms with Gasteiger partial charge in [-0.3, -0.25) is 4.79 Å². The van der Waals surface area contributed by atoms with Crippen LogP contribution in [0, 0.1) is 11.8 Å². The lowest BCUT2D eigenvalue weighted by molar-refractivity contribution is -0.121. The Kier molecular flexibility index (Phi) is 5.33. The molecule has 0 saturated carbocycles. The molecule has 2 heterocycles. The van der Waals surface area contributed by atoms with Gasteiger partial charge in [0.25, 0.3) is 0 Å². The van der Waals surface area contributed by atoms with Crippen molar-refractivity contribution in [3.8, 4) is 11.3 Å². The highest BCUT2D eigenvalue weighted by atomic mass is 35.5. The summed E-state index contributed by atoms with van der Waals surface area (Å²) in [4.78, 5) is 16.6. The van der Waals surface area contributed by atoms with Crippen molar-refractivity contribution in [3.63, 3.8) is 0 Å². The van der Waals surface area contributed by atoms with E-state index in [1.807, 2.05) is 42.6 Å². The molecular formula is C15H18ClN3OS. The van der Waals surface area contributed by atoms with Crippen molar-refractivity contribution in [1.29, 1.82) is 0 Å². The summed E-state index contributed by atoms with van der Waals surface area (Å²) in [6.07, 6.45) is 0. The minimum Gasteiger partial charge on any atom is -0.316 e. The number of hydrogen-bond donors (Lipinski definition) is 2. The Hall–Kier alpha value is -1.43. The van der Waals surface area contributed by atoms with E-state index < -0.39 is 0 Å². The minimum absolute atomic E-state index is 0. The van der Waals surface area contributed by atoms with Gasteiger partial charge >= 0.3 is 0 Å². The molecule has 0 aliphatic carbocycles. The molecule has 1 saturated heterocycles. The Bertz CT molecular complexity index is 598. The number of aromatic nitrogens is 1. The second-order valence-corrected chi connectivity index (χ2v) is 5.96. The zero-order valence-electron chi connectivity index (χ0n) is 11.7. The molecule has 1 aliphatic rings. The van der Waals surface area contributed by atoms with Crippen molar-refractivity contribution in [3.05, 3.63) is 35.7 Å². The van der Waals surface area contributed by atoms with Crippen molar-refractivity contribution in [1.82, 2.24) is 10.3 Å². The first-order chi connectivity index (χ1) is 9.74. The van der Waals surface area contributed by atoms with Crippen LogP contribution in [0.4, 0.5) is 5.13 Å². The van der Waals surface area contributed by atoms with Gasteiger partial charge in [0, 0.05) is 16.9 Å². The Morgan fingerprint density at radius 2 is 2.10 bits per heavy atom. The maximum Gasteiger partial charge on any atom is 0.229 e. The van der Waals surface area contributed by atoms with Crippen molar-refractivity contribution < 1.29 is 4.79 Å². The number of benzene rings is 1. The van der Waals surface area contributed by atoms with Gasteiger partial charge in [0.2, 0.25) is 5.91 Å². The third kappa shape index (κ3) is 3.61. The molecule has 0 spiro atoms. The van der Waals surface area contributed by atoms with Gasteiger partial charge in [0.1, 0.15) is 0 Å². The molecule has 4 nitrogen and oxygen atoms in total. The molecule has 2 aromatic rings. The Morgan fingerprint density at radius 3 is 2.71 bits per heavy atom. The predicted octanol–water partition coefficient (Wildman–Crippen LogP) is 3.03. The Morgan fingerprint density at radius 1 is 1.38 bits per heavy atom. The van der Waals surface area contributed by atoms with Gasteiger partial charge in [0.05, 0.1) is 5.69 Å². The highest BCUT2D eigenvalue weighted by Crippen LogP contribution is 2.25. The molecule has 3 rings (SSSR count). The summed E-state index contributed by atoms with van der Waals surface area (Å²) < 4.78 is 0. The summed E-state index contributed by atoms with van der Waals surface area (Å²) in [5, 5.41) is 8.76. The van der Waals surface area contributed by atoms with Crippen LogP contribution in [-0.4, -0.2) is 24.0 Å². The lowest BCUT2D eigenvalue weighted by atomic mass is 9.88. The van der Waals surface area contributed by atoms with E-state index in [1.165, 1.54) is 11.3 Å². The first-order valence-corrected chi connectivity index (χ1v) is 7.64. The number of nitrogens with one attached hydrogen (secondary N) is 2. The van der Waals surface area contributed by atoms with Crippen LogP contribution >= 0.6 is 23.7 Å². The first-order valence-electron chi connectivity index (χ1n) is 6.76. The third-order valence-corrected chi connectivity index (χ3v) is 4.50. The van der Waals surface area contributed by atoms with Gasteiger partial charge in [-0.15, -0.1) is 23.7 Å². The van der Waals surface area contributed by atoms with Gasteiger partial charge in [-0.1, -0.05) is 37.3 Å². The molecule has 1 amide bonds. The van der Waals surface area contributed by atoms with Crippen LogP contribution in [0.2, 0.25) is 0 Å². The second kappa shape index (κ2) is 7.02. The van der Waals surface area contributed by atoms with E-state index in [-0.39, 0.29) is 24.2 Å². The lowest BCUT2D eigenvalue weighted by Crippen LogP contribution is -2.48. The molecule has 112 valence electrons. The van der Waals surface area contributed by atoms with E-state index in [9.17, 15) is 4.79 Å². The van der Waals surface area contributed by atoms with E-state index in [1.54, 1.807) is 0 Å². The summed E-state index contributed by atoms with van der Waals surface area (Å²) in [5.74, 6) is 0.536. The average molecular weight is 324 g/mol. The largest absolute Gasteiger partial charge is 0.316 e. The standard InChI is InChI=1S/C15H17N3OS.ClH/c1-10(12-7-16-8-12)14(19)18-15-17-13(9-20-15)11-5-3-2-4-6-11;/h2-6,9-10,12,16H,7-8H2,1H3,(H,17,18,19);1H. The average Bonchev–Trinajstić information content (AvgIpc) is 2.86. The number of hydrogen-bond acceptors (Lipinski definition) is 4. The normalized spacial score (nSPS) is 15.7. The predicted molar refractivity (Wildman–Crippen MR) is 89.0 cm³/mol. The number of carbonyl (C=O) groups is 1. The molecule has 1 unspecified atom stereocenters. The van der Waals surface area contributed by atoms with Crippen molar-refractivity contribution in [2.45, 2.75) is 6.92 Å². The highest BCUT2D eigenvalue weighted by molar-refractivity contribution is 7.14. The summed E-state index contributed by atoms with van der Waals surface area (Å²) in [7, 11) is 0. The number of nitrogens with zero attached hydrogens (tertiary/aromatic N) is 1. The fourth-order valence-corrected chi connectivity index (χ4v) is 2.89. The lowest BCUT2D eigenvalue weighted by Gasteiger charge is -2.31. The third-order valence-electron chi connectivity index (χ3n) is 3.74. The van der Waals surface area contributed by atoms with Gasteiger partial charge in [-0.2, -0.15) is 0 Å². The van der Waals surface area contributed by atoms with E-state index in [2.05, 4.69) is 15.6 Å². The van der Waals surface area contributed by atoms with Crippen molar-refractivity contribution >= 4 is 34.8 Å². The number of halogens is 1. The van der Waals surface area contributed by atoms with E-state index >= 15 is 0 Å². The zero-order chi connectivity index (χ0) is 13.9. The SMILES string of the molecule is CC(C(=O)Nc1nc(-c2ccccc2)cs1)C1CNC1.Cl. The van der Waals surface area contributed by atoms with Gasteiger partial charge in [-0.05, 0) is 19.0 Å². The maximum atomic E-state index is 12.1. The van der Waals surface area contributed by atoms with Crippen LogP contribution in [0.3, 0.4) is 0 Å².